The van der Waals surface area contributed by atoms with Crippen LogP contribution in [-0.4, -0.2) is 22.0 Å². The van der Waals surface area contributed by atoms with Crippen molar-refractivity contribution < 1.29 is 24.5 Å². The predicted octanol–water partition coefficient (Wildman–Crippen LogP) is 6.07. The first-order valence-electron chi connectivity index (χ1n) is 10.9. The second kappa shape index (κ2) is 10.0. The molecule has 0 radical (unpaired) electrons. The zero-order valence-electron chi connectivity index (χ0n) is 18.7. The number of hydrogen-bond acceptors (Lipinski definition) is 4. The van der Waals surface area contributed by atoms with Gasteiger partial charge in [0.25, 0.3) is 0 Å². The van der Waals surface area contributed by atoms with Crippen molar-refractivity contribution in [3.63, 3.8) is 0 Å². The van der Waals surface area contributed by atoms with Crippen molar-refractivity contribution in [1.29, 1.82) is 0 Å². The number of phenols is 1. The number of carboxylic acid groups (broad SMARTS) is 1. The van der Waals surface area contributed by atoms with Gasteiger partial charge < -0.3 is 14.9 Å². The maximum atomic E-state index is 12.7. The highest BCUT2D eigenvalue weighted by Crippen LogP contribution is 2.32. The molecule has 0 saturated carbocycles. The fraction of sp³-hybridized carbons (Fsp3) is 0.103. The summed E-state index contributed by atoms with van der Waals surface area (Å²) in [7, 11) is 0. The number of aromatic hydroxyl groups is 1. The number of phenolic OH excluding ortho intramolecular Hbond substituents is 1. The molecule has 0 aliphatic carbocycles. The highest BCUT2D eigenvalue weighted by molar-refractivity contribution is 6.00. The SMILES string of the molecule is Cc1c(OCc2cccc(-c3cccc(C(=O)O)c3)c2)ccc(C(=O)Cc2ccccc2)c1O. The zero-order chi connectivity index (χ0) is 24.1. The minimum Gasteiger partial charge on any atom is -0.507 e. The smallest absolute Gasteiger partial charge is 0.335 e. The summed E-state index contributed by atoms with van der Waals surface area (Å²) in [5.74, 6) is -0.707. The van der Waals surface area contributed by atoms with Crippen LogP contribution in [0.4, 0.5) is 0 Å². The van der Waals surface area contributed by atoms with Gasteiger partial charge in [-0.15, -0.1) is 0 Å². The van der Waals surface area contributed by atoms with Crippen LogP contribution in [0.2, 0.25) is 0 Å². The molecule has 0 heterocycles. The quantitative estimate of drug-likeness (QED) is 0.317. The molecule has 0 aliphatic rings. The van der Waals surface area contributed by atoms with Gasteiger partial charge in [0, 0.05) is 12.0 Å². The topological polar surface area (TPSA) is 83.8 Å². The Morgan fingerprint density at radius 1 is 0.794 bits per heavy atom. The highest BCUT2D eigenvalue weighted by Gasteiger charge is 2.17. The molecule has 4 aromatic rings. The van der Waals surface area contributed by atoms with Crippen LogP contribution in [0.3, 0.4) is 0 Å². The van der Waals surface area contributed by atoms with E-state index in [1.807, 2.05) is 60.7 Å². The van der Waals surface area contributed by atoms with E-state index >= 15 is 0 Å². The van der Waals surface area contributed by atoms with Crippen molar-refractivity contribution in [1.82, 2.24) is 0 Å². The molecule has 0 aliphatic heterocycles. The van der Waals surface area contributed by atoms with E-state index in [0.717, 1.165) is 22.3 Å². The monoisotopic (exact) mass is 452 g/mol. The Kier molecular flexibility index (Phi) is 6.74. The number of carbonyl (C=O) groups excluding carboxylic acids is 1. The average molecular weight is 453 g/mol. The van der Waals surface area contributed by atoms with Crippen molar-refractivity contribution >= 4 is 11.8 Å². The molecule has 5 heteroatoms. The Balaban J connectivity index is 1.48. The van der Waals surface area contributed by atoms with Gasteiger partial charge in [-0.3, -0.25) is 4.79 Å². The van der Waals surface area contributed by atoms with Crippen LogP contribution in [0, 0.1) is 6.92 Å². The molecule has 4 rings (SSSR count). The zero-order valence-corrected chi connectivity index (χ0v) is 18.7. The number of ketones is 1. The van der Waals surface area contributed by atoms with Crippen LogP contribution >= 0.6 is 0 Å². The number of Topliss-reactive ketones (excluding diaryl/α,β-unsaturated/α-hetero) is 1. The van der Waals surface area contributed by atoms with Crippen molar-refractivity contribution in [2.24, 2.45) is 0 Å². The molecule has 0 saturated heterocycles. The highest BCUT2D eigenvalue weighted by atomic mass is 16.5. The van der Waals surface area contributed by atoms with Crippen LogP contribution in [0.15, 0.2) is 91.0 Å². The molecule has 0 unspecified atom stereocenters. The standard InChI is InChI=1S/C29H24O5/c1-19-27(14-13-25(28(19)31)26(30)16-20-7-3-2-4-8-20)34-18-21-9-5-10-22(15-21)23-11-6-12-24(17-23)29(32)33/h2-15,17,31H,16,18H2,1H3,(H,32,33). The van der Waals surface area contributed by atoms with Gasteiger partial charge in [-0.25, -0.2) is 4.79 Å². The van der Waals surface area contributed by atoms with E-state index in [0.29, 0.717) is 11.3 Å². The van der Waals surface area contributed by atoms with Crippen LogP contribution < -0.4 is 4.74 Å². The molecule has 0 atom stereocenters. The Hall–Kier alpha value is -4.38. The van der Waals surface area contributed by atoms with Gasteiger partial charge in [0.1, 0.15) is 18.1 Å². The molecule has 4 aromatic carbocycles. The lowest BCUT2D eigenvalue weighted by atomic mass is 9.99. The summed E-state index contributed by atoms with van der Waals surface area (Å²) < 4.78 is 5.94. The van der Waals surface area contributed by atoms with Crippen molar-refractivity contribution in [3.8, 4) is 22.6 Å². The number of carbonyl (C=O) groups is 2. The summed E-state index contributed by atoms with van der Waals surface area (Å²) >= 11 is 0. The van der Waals surface area contributed by atoms with Crippen LogP contribution in [0.5, 0.6) is 11.5 Å². The van der Waals surface area contributed by atoms with Crippen molar-refractivity contribution in [2.75, 3.05) is 0 Å². The molecule has 0 spiro atoms. The lowest BCUT2D eigenvalue weighted by molar-refractivity contribution is 0.0696. The predicted molar refractivity (Wildman–Crippen MR) is 130 cm³/mol. The maximum Gasteiger partial charge on any atom is 0.335 e. The van der Waals surface area contributed by atoms with Gasteiger partial charge >= 0.3 is 5.97 Å². The lowest BCUT2D eigenvalue weighted by Gasteiger charge is -2.14. The summed E-state index contributed by atoms with van der Waals surface area (Å²) in [5.41, 5.74) is 4.47. The first-order chi connectivity index (χ1) is 16.4. The Bertz CT molecular complexity index is 1340. The molecular formula is C29H24O5. The molecular weight excluding hydrogens is 428 g/mol. The number of benzene rings is 4. The molecule has 0 fully saturated rings. The van der Waals surface area contributed by atoms with Gasteiger partial charge in [-0.2, -0.15) is 0 Å². The number of hydrogen-bond donors (Lipinski definition) is 2. The molecule has 170 valence electrons. The number of rotatable bonds is 8. The van der Waals surface area contributed by atoms with Crippen LogP contribution in [0.1, 0.15) is 37.4 Å². The van der Waals surface area contributed by atoms with Crippen LogP contribution in [-0.2, 0) is 13.0 Å². The summed E-state index contributed by atoms with van der Waals surface area (Å²) in [6.07, 6.45) is 0.212. The van der Waals surface area contributed by atoms with E-state index in [1.165, 1.54) is 0 Å². The fourth-order valence-corrected chi connectivity index (χ4v) is 3.77. The van der Waals surface area contributed by atoms with E-state index in [-0.39, 0.29) is 35.7 Å². The third kappa shape index (κ3) is 5.15. The van der Waals surface area contributed by atoms with E-state index in [1.54, 1.807) is 37.3 Å². The van der Waals surface area contributed by atoms with Gasteiger partial charge in [0.05, 0.1) is 11.1 Å². The van der Waals surface area contributed by atoms with Gasteiger partial charge in [-0.05, 0) is 59.5 Å². The maximum absolute atomic E-state index is 12.7. The molecule has 2 N–H and O–H groups in total. The minimum atomic E-state index is -0.970. The second-order valence-electron chi connectivity index (χ2n) is 8.05. The number of carboxylic acids is 1. The first kappa shape index (κ1) is 22.8. The Morgan fingerprint density at radius 2 is 1.47 bits per heavy atom. The van der Waals surface area contributed by atoms with Crippen molar-refractivity contribution in [2.45, 2.75) is 20.0 Å². The minimum absolute atomic E-state index is 0.0716. The van der Waals surface area contributed by atoms with E-state index < -0.39 is 5.97 Å². The Labute approximate surface area is 197 Å². The number of aromatic carboxylic acids is 1. The van der Waals surface area contributed by atoms with Gasteiger partial charge in [0.2, 0.25) is 0 Å². The molecule has 5 nitrogen and oxygen atoms in total. The Morgan fingerprint density at radius 3 is 2.21 bits per heavy atom. The first-order valence-corrected chi connectivity index (χ1v) is 10.9. The fourth-order valence-electron chi connectivity index (χ4n) is 3.77. The largest absolute Gasteiger partial charge is 0.507 e. The third-order valence-electron chi connectivity index (χ3n) is 5.65. The summed E-state index contributed by atoms with van der Waals surface area (Å²) in [5, 5.41) is 19.9. The van der Waals surface area contributed by atoms with E-state index in [2.05, 4.69) is 0 Å². The average Bonchev–Trinajstić information content (AvgIpc) is 2.85. The third-order valence-corrected chi connectivity index (χ3v) is 5.65. The van der Waals surface area contributed by atoms with Gasteiger partial charge in [0.15, 0.2) is 5.78 Å². The molecule has 0 amide bonds. The second-order valence-corrected chi connectivity index (χ2v) is 8.05. The number of ether oxygens (including phenoxy) is 1. The summed E-state index contributed by atoms with van der Waals surface area (Å²) in [6.45, 7) is 1.97. The summed E-state index contributed by atoms with van der Waals surface area (Å²) in [6, 6.07) is 27.1. The van der Waals surface area contributed by atoms with E-state index in [4.69, 9.17) is 4.74 Å². The van der Waals surface area contributed by atoms with Gasteiger partial charge in [-0.1, -0.05) is 60.7 Å². The van der Waals surface area contributed by atoms with Crippen molar-refractivity contribution in [3.05, 3.63) is 119 Å². The van der Waals surface area contributed by atoms with E-state index in [9.17, 15) is 19.8 Å². The summed E-state index contributed by atoms with van der Waals surface area (Å²) in [4.78, 5) is 23.9. The molecule has 0 aromatic heterocycles. The lowest BCUT2D eigenvalue weighted by Crippen LogP contribution is -2.05. The van der Waals surface area contributed by atoms with Crippen LogP contribution in [0.25, 0.3) is 11.1 Å². The normalized spacial score (nSPS) is 10.6. The molecule has 34 heavy (non-hydrogen) atoms. The molecule has 0 bridgehead atoms.